The molecule has 1 atom stereocenters. The smallest absolute Gasteiger partial charge is 0.409 e. The van der Waals surface area contributed by atoms with E-state index in [0.717, 1.165) is 25.0 Å². The number of piperidine rings is 1. The molecule has 0 radical (unpaired) electrons. The van der Waals surface area contributed by atoms with Crippen LogP contribution in [0.4, 0.5) is 35.5 Å². The second-order valence-corrected chi connectivity index (χ2v) is 9.86. The highest BCUT2D eigenvalue weighted by atomic mass is 19.2. The SMILES string of the molecule is COC(=O)N1CCCC(Nc2ncc3nc(Nc4ccc(F)c(F)c4F)n(C4CCC(C(N)=O)CC4)c3n2)C1. The van der Waals surface area contributed by atoms with Crippen LogP contribution in [0.2, 0.25) is 0 Å². The molecule has 3 heterocycles. The third-order valence-electron chi connectivity index (χ3n) is 7.37. The topological polar surface area (TPSA) is 140 Å². The third kappa shape index (κ3) is 5.40. The molecule has 3 aromatic rings. The quantitative estimate of drug-likeness (QED) is 0.396. The van der Waals surface area contributed by atoms with Gasteiger partial charge in [-0.2, -0.15) is 4.98 Å². The predicted octanol–water partition coefficient (Wildman–Crippen LogP) is 3.85. The van der Waals surface area contributed by atoms with Crippen LogP contribution in [-0.2, 0) is 9.53 Å². The van der Waals surface area contributed by atoms with Gasteiger partial charge in [-0.25, -0.2) is 27.9 Å². The fraction of sp³-hybridized carbons (Fsp3) is 0.480. The van der Waals surface area contributed by atoms with Crippen molar-refractivity contribution < 1.29 is 27.5 Å². The summed E-state index contributed by atoms with van der Waals surface area (Å²) in [6, 6.07) is 1.64. The Morgan fingerprint density at radius 3 is 2.56 bits per heavy atom. The molecule has 1 aromatic carbocycles. The zero-order valence-corrected chi connectivity index (χ0v) is 21.3. The molecule has 11 nitrogen and oxygen atoms in total. The maximum Gasteiger partial charge on any atom is 0.409 e. The minimum absolute atomic E-state index is 0.105. The van der Waals surface area contributed by atoms with E-state index in [1.165, 1.54) is 13.3 Å². The van der Waals surface area contributed by atoms with Crippen molar-refractivity contribution in [2.24, 2.45) is 11.7 Å². The second-order valence-electron chi connectivity index (χ2n) is 9.86. The van der Waals surface area contributed by atoms with Crippen LogP contribution in [0, 0.1) is 23.4 Å². The minimum Gasteiger partial charge on any atom is -0.453 e. The number of carbonyl (C=O) groups is 2. The summed E-state index contributed by atoms with van der Waals surface area (Å²) >= 11 is 0. The number of carbonyl (C=O) groups excluding carboxylic acids is 2. The van der Waals surface area contributed by atoms with E-state index >= 15 is 0 Å². The Morgan fingerprint density at radius 1 is 1.08 bits per heavy atom. The standard InChI is InChI=1S/C25H29F3N8O3/c1-39-25(38)35-10-2-3-14(12-35)31-23-30-11-18-22(34-23)36(15-6-4-13(5-7-15)21(29)37)24(33-18)32-17-9-8-16(26)19(27)20(17)28/h8-9,11,13-15H,2-7,10,12H2,1H3,(H2,29,37)(H,32,33)(H,30,31,34). The van der Waals surface area contributed by atoms with Crippen molar-refractivity contribution in [3.63, 3.8) is 0 Å². The monoisotopic (exact) mass is 546 g/mol. The molecule has 1 aliphatic heterocycles. The van der Waals surface area contributed by atoms with E-state index in [1.54, 1.807) is 9.47 Å². The molecule has 1 saturated carbocycles. The molecule has 1 unspecified atom stereocenters. The van der Waals surface area contributed by atoms with Gasteiger partial charge < -0.3 is 26.0 Å². The largest absolute Gasteiger partial charge is 0.453 e. The Morgan fingerprint density at radius 2 is 1.85 bits per heavy atom. The van der Waals surface area contributed by atoms with Gasteiger partial charge in [-0.15, -0.1) is 0 Å². The summed E-state index contributed by atoms with van der Waals surface area (Å²) in [5, 5.41) is 6.06. The molecule has 39 heavy (non-hydrogen) atoms. The molecule has 5 rings (SSSR count). The highest BCUT2D eigenvalue weighted by Crippen LogP contribution is 2.37. The summed E-state index contributed by atoms with van der Waals surface area (Å²) in [5.41, 5.74) is 6.07. The average Bonchev–Trinajstić information content (AvgIpc) is 3.30. The zero-order valence-electron chi connectivity index (χ0n) is 21.3. The molecular formula is C25H29F3N8O3. The molecular weight excluding hydrogens is 517 g/mol. The molecule has 2 fully saturated rings. The minimum atomic E-state index is -1.59. The van der Waals surface area contributed by atoms with Gasteiger partial charge in [0.15, 0.2) is 23.1 Å². The van der Waals surface area contributed by atoms with Crippen molar-refractivity contribution in [3.8, 4) is 0 Å². The lowest BCUT2D eigenvalue weighted by molar-refractivity contribution is -0.122. The Kier molecular flexibility index (Phi) is 7.44. The van der Waals surface area contributed by atoms with E-state index in [0.29, 0.717) is 55.9 Å². The first-order chi connectivity index (χ1) is 18.7. The van der Waals surface area contributed by atoms with Crippen molar-refractivity contribution in [1.29, 1.82) is 0 Å². The van der Waals surface area contributed by atoms with Crippen LogP contribution in [-0.4, -0.2) is 62.7 Å². The summed E-state index contributed by atoms with van der Waals surface area (Å²) < 4.78 is 48.6. The first-order valence-corrected chi connectivity index (χ1v) is 12.8. The maximum atomic E-state index is 14.5. The number of nitrogens with two attached hydrogens (primary N) is 1. The Hall–Kier alpha value is -4.10. The van der Waals surface area contributed by atoms with Crippen LogP contribution in [0.3, 0.4) is 0 Å². The van der Waals surface area contributed by atoms with Gasteiger partial charge in [0, 0.05) is 31.1 Å². The van der Waals surface area contributed by atoms with Crippen molar-refractivity contribution in [2.45, 2.75) is 50.6 Å². The van der Waals surface area contributed by atoms with Gasteiger partial charge in [0.2, 0.25) is 17.8 Å². The van der Waals surface area contributed by atoms with E-state index < -0.39 is 23.5 Å². The number of amides is 2. The Bertz CT molecular complexity index is 1390. The van der Waals surface area contributed by atoms with Crippen LogP contribution < -0.4 is 16.4 Å². The van der Waals surface area contributed by atoms with Crippen molar-refractivity contribution in [2.75, 3.05) is 30.8 Å². The predicted molar refractivity (Wildman–Crippen MR) is 136 cm³/mol. The highest BCUT2D eigenvalue weighted by molar-refractivity contribution is 5.78. The number of nitrogens with one attached hydrogen (secondary N) is 2. The second kappa shape index (κ2) is 10.9. The van der Waals surface area contributed by atoms with Gasteiger partial charge in [0.25, 0.3) is 0 Å². The number of primary amides is 1. The molecule has 2 amide bonds. The van der Waals surface area contributed by atoms with Gasteiger partial charge in [-0.05, 0) is 50.7 Å². The molecule has 14 heteroatoms. The van der Waals surface area contributed by atoms with Crippen LogP contribution in [0.25, 0.3) is 11.2 Å². The van der Waals surface area contributed by atoms with E-state index in [2.05, 4.69) is 25.6 Å². The van der Waals surface area contributed by atoms with Gasteiger partial charge >= 0.3 is 6.09 Å². The number of fused-ring (bicyclic) bond motifs is 1. The van der Waals surface area contributed by atoms with Gasteiger partial charge in [0.05, 0.1) is 19.0 Å². The van der Waals surface area contributed by atoms with Crippen LogP contribution in [0.1, 0.15) is 44.6 Å². The third-order valence-corrected chi connectivity index (χ3v) is 7.37. The summed E-state index contributed by atoms with van der Waals surface area (Å²) in [7, 11) is 1.34. The van der Waals surface area contributed by atoms with Gasteiger partial charge in [-0.1, -0.05) is 0 Å². The van der Waals surface area contributed by atoms with Crippen LogP contribution >= 0.6 is 0 Å². The number of ether oxygens (including phenoxy) is 1. The Balaban J connectivity index is 1.48. The van der Waals surface area contributed by atoms with Crippen LogP contribution in [0.15, 0.2) is 18.3 Å². The molecule has 208 valence electrons. The number of benzene rings is 1. The number of aromatic nitrogens is 4. The average molecular weight is 547 g/mol. The maximum absolute atomic E-state index is 14.5. The van der Waals surface area contributed by atoms with Crippen molar-refractivity contribution in [1.82, 2.24) is 24.4 Å². The fourth-order valence-corrected chi connectivity index (χ4v) is 5.33. The highest BCUT2D eigenvalue weighted by Gasteiger charge is 2.30. The molecule has 0 bridgehead atoms. The number of nitrogens with zero attached hydrogens (tertiary/aromatic N) is 5. The number of anilines is 3. The van der Waals surface area contributed by atoms with E-state index in [4.69, 9.17) is 10.5 Å². The van der Waals surface area contributed by atoms with Crippen molar-refractivity contribution in [3.05, 3.63) is 35.8 Å². The van der Waals surface area contributed by atoms with Gasteiger partial charge in [0.1, 0.15) is 5.52 Å². The number of hydrogen-bond donors (Lipinski definition) is 3. The summed E-state index contributed by atoms with van der Waals surface area (Å²) in [4.78, 5) is 38.9. The lowest BCUT2D eigenvalue weighted by Crippen LogP contribution is -2.45. The molecule has 1 saturated heterocycles. The number of rotatable bonds is 6. The van der Waals surface area contributed by atoms with Crippen molar-refractivity contribution >= 4 is 40.7 Å². The number of likely N-dealkylation sites (tertiary alicyclic amines) is 1. The zero-order chi connectivity index (χ0) is 27.7. The lowest BCUT2D eigenvalue weighted by atomic mass is 9.85. The molecule has 0 spiro atoms. The number of hydrogen-bond acceptors (Lipinski definition) is 8. The van der Waals surface area contributed by atoms with E-state index in [1.807, 2.05) is 0 Å². The summed E-state index contributed by atoms with van der Waals surface area (Å²) in [6.07, 6.45) is 4.97. The summed E-state index contributed by atoms with van der Waals surface area (Å²) in [5.74, 6) is -4.36. The number of halogens is 3. The van der Waals surface area contributed by atoms with Gasteiger partial charge in [-0.3, -0.25) is 9.36 Å². The molecule has 2 aromatic heterocycles. The van der Waals surface area contributed by atoms with E-state index in [-0.39, 0.29) is 35.5 Å². The number of methoxy groups -OCH3 is 1. The normalized spacial score (nSPS) is 21.5. The summed E-state index contributed by atoms with van der Waals surface area (Å²) in [6.45, 7) is 1.02. The fourth-order valence-electron chi connectivity index (χ4n) is 5.33. The van der Waals surface area contributed by atoms with Crippen LogP contribution in [0.5, 0.6) is 0 Å². The number of imidazole rings is 1. The molecule has 4 N–H and O–H groups in total. The van der Waals surface area contributed by atoms with E-state index in [9.17, 15) is 22.8 Å². The lowest BCUT2D eigenvalue weighted by Gasteiger charge is -2.32. The Labute approximate surface area is 221 Å². The molecule has 2 aliphatic rings. The molecule has 1 aliphatic carbocycles. The first-order valence-electron chi connectivity index (χ1n) is 12.8. The first kappa shape index (κ1) is 26.5.